The third-order valence-electron chi connectivity index (χ3n) is 4.60. The molecule has 0 amide bonds. The number of anilines is 2. The van der Waals surface area contributed by atoms with Crippen molar-refractivity contribution < 1.29 is 0 Å². The molecule has 2 aromatic carbocycles. The Kier molecular flexibility index (Phi) is 3.99. The van der Waals surface area contributed by atoms with Gasteiger partial charge >= 0.3 is 0 Å². The highest BCUT2D eigenvalue weighted by atomic mass is 15.4. The van der Waals surface area contributed by atoms with Crippen molar-refractivity contribution in [3.05, 3.63) is 72.6 Å². The summed E-state index contributed by atoms with van der Waals surface area (Å²) in [4.78, 5) is 12.5. The van der Waals surface area contributed by atoms with Crippen LogP contribution in [0.4, 0.5) is 11.6 Å². The predicted molar refractivity (Wildman–Crippen MR) is 111 cm³/mol. The fourth-order valence-corrected chi connectivity index (χ4v) is 3.30. The minimum atomic E-state index is 0.562. The van der Waals surface area contributed by atoms with Gasteiger partial charge in [0.25, 0.3) is 0 Å². The molecular weight excluding hydrogens is 350 g/mol. The Bertz CT molecular complexity index is 1250. The third-order valence-corrected chi connectivity index (χ3v) is 4.60. The lowest BCUT2D eigenvalue weighted by molar-refractivity contribution is 0.900. The third kappa shape index (κ3) is 2.97. The summed E-state index contributed by atoms with van der Waals surface area (Å²) in [7, 11) is 0. The zero-order valence-electron chi connectivity index (χ0n) is 15.1. The minimum Gasteiger partial charge on any atom is -0.342 e. The minimum absolute atomic E-state index is 0.562. The highest BCUT2D eigenvalue weighted by Crippen LogP contribution is 2.25. The molecule has 0 aliphatic carbocycles. The molecule has 0 bridgehead atoms. The van der Waals surface area contributed by atoms with E-state index >= 15 is 0 Å². The van der Waals surface area contributed by atoms with Crippen LogP contribution in [-0.4, -0.2) is 31.1 Å². The van der Waals surface area contributed by atoms with Crippen LogP contribution in [0.5, 0.6) is 0 Å². The van der Waals surface area contributed by atoms with Gasteiger partial charge in [0.05, 0.1) is 16.7 Å². The molecule has 0 spiro atoms. The van der Waals surface area contributed by atoms with E-state index in [0.29, 0.717) is 12.5 Å². The van der Waals surface area contributed by atoms with E-state index in [-0.39, 0.29) is 0 Å². The lowest BCUT2D eigenvalue weighted by atomic mass is 10.1. The van der Waals surface area contributed by atoms with Gasteiger partial charge in [-0.05, 0) is 42.9 Å². The first kappa shape index (κ1) is 16.5. The Balaban J connectivity index is 1.55. The van der Waals surface area contributed by atoms with Gasteiger partial charge in [-0.3, -0.25) is 0 Å². The highest BCUT2D eigenvalue weighted by molar-refractivity contribution is 5.81. The number of rotatable bonds is 5. The van der Waals surface area contributed by atoms with Crippen molar-refractivity contribution in [2.45, 2.75) is 6.42 Å². The number of nitrogens with two attached hydrogens (primary N) is 1. The molecule has 7 nitrogen and oxygen atoms in total. The largest absolute Gasteiger partial charge is 0.342 e. The van der Waals surface area contributed by atoms with Gasteiger partial charge in [0.1, 0.15) is 5.82 Å². The van der Waals surface area contributed by atoms with Crippen LogP contribution in [0.3, 0.4) is 0 Å². The molecule has 0 aliphatic rings. The Morgan fingerprint density at radius 1 is 0.964 bits per heavy atom. The summed E-state index contributed by atoms with van der Waals surface area (Å²) >= 11 is 0. The number of nitrogens with one attached hydrogen (secondary N) is 2. The molecule has 3 aromatic heterocycles. The average molecular weight is 369 g/mol. The summed E-state index contributed by atoms with van der Waals surface area (Å²) < 4.78 is 1.85. The van der Waals surface area contributed by atoms with Crippen LogP contribution >= 0.6 is 0 Å². The quantitative estimate of drug-likeness (QED) is 0.440. The first-order valence-corrected chi connectivity index (χ1v) is 9.17. The SMILES string of the molecule is NCCc1nc2ccc(-c3cccc4nc(Nc5ccccc5)nn34)cc2[nH]1. The van der Waals surface area contributed by atoms with Crippen molar-refractivity contribution in [2.75, 3.05) is 11.9 Å². The molecule has 138 valence electrons. The Labute approximate surface area is 161 Å². The summed E-state index contributed by atoms with van der Waals surface area (Å²) in [6.45, 7) is 0.572. The van der Waals surface area contributed by atoms with Crippen molar-refractivity contribution in [2.24, 2.45) is 5.73 Å². The van der Waals surface area contributed by atoms with E-state index in [4.69, 9.17) is 5.73 Å². The van der Waals surface area contributed by atoms with E-state index in [1.54, 1.807) is 0 Å². The maximum atomic E-state index is 5.64. The number of H-pyrrole nitrogens is 1. The molecule has 0 saturated heterocycles. The number of nitrogens with zero attached hydrogens (tertiary/aromatic N) is 4. The van der Waals surface area contributed by atoms with E-state index in [1.807, 2.05) is 59.1 Å². The number of imidazole rings is 1. The molecule has 28 heavy (non-hydrogen) atoms. The van der Waals surface area contributed by atoms with E-state index in [2.05, 4.69) is 37.5 Å². The number of para-hydroxylation sites is 1. The van der Waals surface area contributed by atoms with Gasteiger partial charge in [0, 0.05) is 17.7 Å². The van der Waals surface area contributed by atoms with E-state index in [1.165, 1.54) is 0 Å². The number of fused-ring (bicyclic) bond motifs is 2. The van der Waals surface area contributed by atoms with Gasteiger partial charge in [-0.15, -0.1) is 5.10 Å². The molecule has 0 fully saturated rings. The van der Waals surface area contributed by atoms with Gasteiger partial charge in [-0.2, -0.15) is 4.98 Å². The van der Waals surface area contributed by atoms with Gasteiger partial charge in [0.2, 0.25) is 5.95 Å². The molecule has 0 atom stereocenters. The van der Waals surface area contributed by atoms with E-state index in [9.17, 15) is 0 Å². The Morgan fingerprint density at radius 3 is 2.71 bits per heavy atom. The average Bonchev–Trinajstić information content (AvgIpc) is 3.31. The second kappa shape index (κ2) is 6.79. The van der Waals surface area contributed by atoms with Gasteiger partial charge in [-0.1, -0.05) is 30.3 Å². The monoisotopic (exact) mass is 369 g/mol. The van der Waals surface area contributed by atoms with Crippen molar-refractivity contribution in [3.8, 4) is 11.3 Å². The molecule has 0 radical (unpaired) electrons. The van der Waals surface area contributed by atoms with Gasteiger partial charge in [0.15, 0.2) is 5.65 Å². The molecule has 0 unspecified atom stereocenters. The van der Waals surface area contributed by atoms with E-state index in [0.717, 1.165) is 45.9 Å². The van der Waals surface area contributed by atoms with Crippen molar-refractivity contribution in [3.63, 3.8) is 0 Å². The molecule has 3 heterocycles. The zero-order valence-corrected chi connectivity index (χ0v) is 15.1. The van der Waals surface area contributed by atoms with Crippen LogP contribution in [0.2, 0.25) is 0 Å². The second-order valence-corrected chi connectivity index (χ2v) is 6.56. The lowest BCUT2D eigenvalue weighted by Gasteiger charge is -2.04. The summed E-state index contributed by atoms with van der Waals surface area (Å²) in [5.74, 6) is 1.47. The molecule has 5 aromatic rings. The van der Waals surface area contributed by atoms with Crippen LogP contribution < -0.4 is 11.1 Å². The summed E-state index contributed by atoms with van der Waals surface area (Å²) in [5.41, 5.74) is 11.3. The second-order valence-electron chi connectivity index (χ2n) is 6.56. The number of pyridine rings is 1. The Morgan fingerprint density at radius 2 is 1.86 bits per heavy atom. The molecule has 0 aliphatic heterocycles. The molecule has 7 heteroatoms. The van der Waals surface area contributed by atoms with Crippen LogP contribution in [0, 0.1) is 0 Å². The predicted octanol–water partition coefficient (Wildman–Crippen LogP) is 3.52. The molecule has 4 N–H and O–H groups in total. The zero-order chi connectivity index (χ0) is 18.9. The molecule has 5 rings (SSSR count). The van der Waals surface area contributed by atoms with Crippen LogP contribution in [-0.2, 0) is 6.42 Å². The van der Waals surface area contributed by atoms with E-state index < -0.39 is 0 Å². The molecule has 0 saturated carbocycles. The number of hydrogen-bond donors (Lipinski definition) is 3. The first-order valence-electron chi connectivity index (χ1n) is 9.17. The normalized spacial score (nSPS) is 11.3. The standard InChI is InChI=1S/C21H19N7/c22-12-11-19-24-16-10-9-14(13-17(16)25-19)18-7-4-8-20-26-21(27-28(18)20)23-15-5-2-1-3-6-15/h1-10,13H,11-12,22H2,(H,23,27)(H,24,25). The number of aromatic nitrogens is 5. The van der Waals surface area contributed by atoms with Crippen molar-refractivity contribution >= 4 is 28.3 Å². The fourth-order valence-electron chi connectivity index (χ4n) is 3.30. The first-order chi connectivity index (χ1) is 13.8. The fraction of sp³-hybridized carbons (Fsp3) is 0.0952. The van der Waals surface area contributed by atoms with Gasteiger partial charge < -0.3 is 16.0 Å². The summed E-state index contributed by atoms with van der Waals surface area (Å²) in [6.07, 6.45) is 0.733. The van der Waals surface area contributed by atoms with Crippen LogP contribution in [0.15, 0.2) is 66.7 Å². The highest BCUT2D eigenvalue weighted by Gasteiger charge is 2.11. The summed E-state index contributed by atoms with van der Waals surface area (Å²) in [5, 5.41) is 7.90. The van der Waals surface area contributed by atoms with Crippen molar-refractivity contribution in [1.29, 1.82) is 0 Å². The smallest absolute Gasteiger partial charge is 0.247 e. The Hall–Kier alpha value is -3.71. The van der Waals surface area contributed by atoms with Crippen LogP contribution in [0.1, 0.15) is 5.82 Å². The van der Waals surface area contributed by atoms with Crippen LogP contribution in [0.25, 0.3) is 27.9 Å². The molecular formula is C21H19N7. The number of benzene rings is 2. The summed E-state index contributed by atoms with van der Waals surface area (Å²) in [6, 6.07) is 22.0. The maximum Gasteiger partial charge on any atom is 0.247 e. The van der Waals surface area contributed by atoms with Gasteiger partial charge in [-0.25, -0.2) is 9.50 Å². The number of hydrogen-bond acceptors (Lipinski definition) is 5. The topological polar surface area (TPSA) is 96.9 Å². The number of aromatic amines is 1. The lowest BCUT2D eigenvalue weighted by Crippen LogP contribution is -2.03. The maximum absolute atomic E-state index is 5.64. The van der Waals surface area contributed by atoms with Crippen molar-refractivity contribution in [1.82, 2.24) is 24.6 Å².